The van der Waals surface area contributed by atoms with Gasteiger partial charge in [-0.05, 0) is 42.8 Å². The Labute approximate surface area is 134 Å². The molecule has 1 aromatic carbocycles. The number of ether oxygens (including phenoxy) is 1. The molecular weight excluding hydrogens is 316 g/mol. The Morgan fingerprint density at radius 1 is 1.39 bits per heavy atom. The number of hydrogen-bond acceptors (Lipinski definition) is 6. The molecule has 0 unspecified atom stereocenters. The fraction of sp³-hybridized carbons (Fsp3) is 0.125. The number of allylic oxidation sites excluding steroid dienone is 1. The summed E-state index contributed by atoms with van der Waals surface area (Å²) in [6.07, 6.45) is 2.56. The molecule has 1 aromatic heterocycles. The lowest BCUT2D eigenvalue weighted by molar-refractivity contribution is 0.318. The van der Waals surface area contributed by atoms with E-state index in [2.05, 4.69) is 4.98 Å². The number of benzene rings is 1. The van der Waals surface area contributed by atoms with Gasteiger partial charge >= 0.3 is 0 Å². The van der Waals surface area contributed by atoms with Crippen molar-refractivity contribution in [1.82, 2.24) is 4.98 Å². The number of sulfone groups is 1. The minimum Gasteiger partial charge on any atom is -0.504 e. The van der Waals surface area contributed by atoms with Crippen molar-refractivity contribution in [2.75, 3.05) is 6.61 Å². The highest BCUT2D eigenvalue weighted by atomic mass is 32.2. The number of pyridine rings is 1. The molecule has 0 aliphatic heterocycles. The maximum Gasteiger partial charge on any atom is 0.233 e. The zero-order valence-corrected chi connectivity index (χ0v) is 13.1. The highest BCUT2D eigenvalue weighted by Gasteiger charge is 2.22. The highest BCUT2D eigenvalue weighted by molar-refractivity contribution is 7.95. The van der Waals surface area contributed by atoms with Crippen molar-refractivity contribution >= 4 is 15.9 Å². The normalized spacial score (nSPS) is 11.7. The van der Waals surface area contributed by atoms with Gasteiger partial charge in [0.1, 0.15) is 6.07 Å². The van der Waals surface area contributed by atoms with Crippen LogP contribution in [0.3, 0.4) is 0 Å². The Kier molecular flexibility index (Phi) is 4.98. The minimum atomic E-state index is -4.00. The number of aromatic nitrogens is 1. The molecule has 1 heterocycles. The molecule has 0 saturated carbocycles. The van der Waals surface area contributed by atoms with Crippen molar-refractivity contribution in [3.63, 3.8) is 0 Å². The molecule has 0 amide bonds. The second kappa shape index (κ2) is 6.94. The van der Waals surface area contributed by atoms with Crippen LogP contribution in [0.5, 0.6) is 11.5 Å². The zero-order chi connectivity index (χ0) is 16.9. The lowest BCUT2D eigenvalue weighted by atomic mass is 10.2. The van der Waals surface area contributed by atoms with Gasteiger partial charge in [0.2, 0.25) is 9.84 Å². The average Bonchev–Trinajstić information content (AvgIpc) is 2.56. The highest BCUT2D eigenvalue weighted by Crippen LogP contribution is 2.28. The van der Waals surface area contributed by atoms with Gasteiger partial charge < -0.3 is 9.84 Å². The topological polar surface area (TPSA) is 100 Å². The third kappa shape index (κ3) is 3.67. The number of phenols is 1. The summed E-state index contributed by atoms with van der Waals surface area (Å²) in [4.78, 5) is 3.34. The van der Waals surface area contributed by atoms with Crippen molar-refractivity contribution in [3.05, 3.63) is 53.1 Å². The first kappa shape index (κ1) is 16.5. The maximum absolute atomic E-state index is 12.4. The Bertz CT molecular complexity index is 869. The molecular formula is C16H14N2O4S. The maximum atomic E-state index is 12.4. The van der Waals surface area contributed by atoms with E-state index in [4.69, 9.17) is 4.74 Å². The van der Waals surface area contributed by atoms with Crippen LogP contribution in [-0.4, -0.2) is 25.1 Å². The number of hydrogen-bond donors (Lipinski definition) is 1. The van der Waals surface area contributed by atoms with Crippen LogP contribution in [0.2, 0.25) is 0 Å². The fourth-order valence-electron chi connectivity index (χ4n) is 1.83. The van der Waals surface area contributed by atoms with E-state index in [0.717, 1.165) is 0 Å². The Balaban J connectivity index is 2.48. The van der Waals surface area contributed by atoms with Crippen LogP contribution >= 0.6 is 0 Å². The van der Waals surface area contributed by atoms with Gasteiger partial charge in [-0.1, -0.05) is 12.1 Å². The number of nitrogens with zero attached hydrogens (tertiary/aromatic N) is 2. The van der Waals surface area contributed by atoms with Crippen LogP contribution < -0.4 is 4.74 Å². The SMILES string of the molecule is CCOc1cc(/C=C(/C#N)S(=O)(=O)c2ccccn2)ccc1O. The summed E-state index contributed by atoms with van der Waals surface area (Å²) in [5.41, 5.74) is 0.419. The molecule has 1 N–H and O–H groups in total. The van der Waals surface area contributed by atoms with Gasteiger partial charge in [-0.15, -0.1) is 0 Å². The summed E-state index contributed by atoms with van der Waals surface area (Å²) in [7, 11) is -4.00. The summed E-state index contributed by atoms with van der Waals surface area (Å²) in [5, 5.41) is 18.7. The molecule has 0 saturated heterocycles. The van der Waals surface area contributed by atoms with E-state index < -0.39 is 14.7 Å². The number of rotatable bonds is 5. The second-order valence-electron chi connectivity index (χ2n) is 4.45. The van der Waals surface area contributed by atoms with Gasteiger partial charge in [-0.2, -0.15) is 5.26 Å². The van der Waals surface area contributed by atoms with E-state index >= 15 is 0 Å². The first-order valence-corrected chi connectivity index (χ1v) is 8.21. The van der Waals surface area contributed by atoms with Gasteiger partial charge in [0.15, 0.2) is 21.4 Å². The van der Waals surface area contributed by atoms with E-state index in [0.29, 0.717) is 12.2 Å². The number of aromatic hydroxyl groups is 1. The van der Waals surface area contributed by atoms with Gasteiger partial charge in [-0.3, -0.25) is 0 Å². The molecule has 7 heteroatoms. The van der Waals surface area contributed by atoms with Crippen molar-refractivity contribution in [1.29, 1.82) is 5.26 Å². The molecule has 0 bridgehead atoms. The van der Waals surface area contributed by atoms with E-state index in [1.807, 2.05) is 0 Å². The second-order valence-corrected chi connectivity index (χ2v) is 6.32. The van der Waals surface area contributed by atoms with Gasteiger partial charge in [-0.25, -0.2) is 13.4 Å². The van der Waals surface area contributed by atoms with E-state index in [1.54, 1.807) is 19.1 Å². The van der Waals surface area contributed by atoms with E-state index in [1.165, 1.54) is 42.6 Å². The standard InChI is InChI=1S/C16H14N2O4S/c1-2-22-15-10-12(6-7-14(15)19)9-13(11-17)23(20,21)16-5-3-4-8-18-16/h3-10,19H,2H2,1H3/b13-9-. The van der Waals surface area contributed by atoms with E-state index in [9.17, 15) is 18.8 Å². The summed E-state index contributed by atoms with van der Waals surface area (Å²) >= 11 is 0. The molecule has 2 aromatic rings. The van der Waals surface area contributed by atoms with Crippen LogP contribution in [0.25, 0.3) is 6.08 Å². The molecule has 6 nitrogen and oxygen atoms in total. The van der Waals surface area contributed by atoms with Crippen molar-refractivity contribution in [2.24, 2.45) is 0 Å². The zero-order valence-electron chi connectivity index (χ0n) is 12.3. The molecule has 0 spiro atoms. The van der Waals surface area contributed by atoms with Gasteiger partial charge in [0.05, 0.1) is 6.61 Å². The summed E-state index contributed by atoms with van der Waals surface area (Å²) in [6, 6.07) is 10.5. The predicted molar refractivity (Wildman–Crippen MR) is 84.3 cm³/mol. The fourth-order valence-corrected chi connectivity index (χ4v) is 2.93. The Morgan fingerprint density at radius 2 is 2.17 bits per heavy atom. The van der Waals surface area contributed by atoms with Crippen LogP contribution in [0.4, 0.5) is 0 Å². The lowest BCUT2D eigenvalue weighted by Gasteiger charge is -2.07. The van der Waals surface area contributed by atoms with Gasteiger partial charge in [0, 0.05) is 6.20 Å². The minimum absolute atomic E-state index is 0.0601. The molecule has 0 aliphatic rings. The lowest BCUT2D eigenvalue weighted by Crippen LogP contribution is -2.05. The Hall–Kier alpha value is -2.85. The molecule has 0 fully saturated rings. The summed E-state index contributed by atoms with van der Waals surface area (Å²) in [6.45, 7) is 2.10. The third-order valence-electron chi connectivity index (χ3n) is 2.89. The molecule has 23 heavy (non-hydrogen) atoms. The predicted octanol–water partition coefficient (Wildman–Crippen LogP) is 2.52. The number of nitriles is 1. The molecule has 0 radical (unpaired) electrons. The monoisotopic (exact) mass is 330 g/mol. The summed E-state index contributed by atoms with van der Waals surface area (Å²) in [5.74, 6) is 0.156. The molecule has 0 aliphatic carbocycles. The summed E-state index contributed by atoms with van der Waals surface area (Å²) < 4.78 is 30.1. The van der Waals surface area contributed by atoms with E-state index in [-0.39, 0.29) is 16.5 Å². The quantitative estimate of drug-likeness (QED) is 0.846. The first-order valence-electron chi connectivity index (χ1n) is 6.72. The van der Waals surface area contributed by atoms with Crippen molar-refractivity contribution < 1.29 is 18.3 Å². The first-order chi connectivity index (χ1) is 11.0. The van der Waals surface area contributed by atoms with Crippen LogP contribution in [0.15, 0.2) is 52.5 Å². The molecule has 0 atom stereocenters. The van der Waals surface area contributed by atoms with Crippen LogP contribution in [0, 0.1) is 11.3 Å². The van der Waals surface area contributed by atoms with Crippen molar-refractivity contribution in [3.8, 4) is 17.6 Å². The number of phenolic OH excluding ortho intramolecular Hbond substituents is 1. The van der Waals surface area contributed by atoms with Gasteiger partial charge in [0.25, 0.3) is 0 Å². The Morgan fingerprint density at radius 3 is 2.78 bits per heavy atom. The van der Waals surface area contributed by atoms with Crippen LogP contribution in [-0.2, 0) is 9.84 Å². The van der Waals surface area contributed by atoms with Crippen LogP contribution in [0.1, 0.15) is 12.5 Å². The molecule has 2 rings (SSSR count). The smallest absolute Gasteiger partial charge is 0.233 e. The largest absolute Gasteiger partial charge is 0.504 e. The third-order valence-corrected chi connectivity index (χ3v) is 4.47. The molecule has 118 valence electrons. The average molecular weight is 330 g/mol. The van der Waals surface area contributed by atoms with Crippen molar-refractivity contribution in [2.45, 2.75) is 11.9 Å².